The number of benzene rings is 1. The maximum Gasteiger partial charge on any atom is 0.243 e. The second-order valence-electron chi connectivity index (χ2n) is 5.33. The Hall–Kier alpha value is -1.79. The standard InChI is InChI=1S/C16H20FN3OS/c1-4-9(2)13(18)15(21)20-16-19-14(10(3)22-16)11-5-7-12(17)8-6-11/h5-9,13H,4,18H2,1-3H3,(H,19,20,21). The van der Waals surface area contributed by atoms with Gasteiger partial charge in [-0.1, -0.05) is 20.3 Å². The average Bonchev–Trinajstić information content (AvgIpc) is 2.86. The minimum atomic E-state index is -0.552. The molecule has 0 aliphatic heterocycles. The fraction of sp³-hybridized carbons (Fsp3) is 0.375. The van der Waals surface area contributed by atoms with Crippen LogP contribution in [0.15, 0.2) is 24.3 Å². The second kappa shape index (κ2) is 6.98. The third-order valence-corrected chi connectivity index (χ3v) is 4.59. The van der Waals surface area contributed by atoms with Crippen LogP contribution >= 0.6 is 11.3 Å². The number of hydrogen-bond donors (Lipinski definition) is 2. The summed E-state index contributed by atoms with van der Waals surface area (Å²) >= 11 is 1.39. The number of thiazole rings is 1. The van der Waals surface area contributed by atoms with E-state index in [9.17, 15) is 9.18 Å². The van der Waals surface area contributed by atoms with Gasteiger partial charge in [-0.3, -0.25) is 4.79 Å². The van der Waals surface area contributed by atoms with Crippen molar-refractivity contribution in [2.75, 3.05) is 5.32 Å². The van der Waals surface area contributed by atoms with E-state index in [4.69, 9.17) is 5.73 Å². The highest BCUT2D eigenvalue weighted by Gasteiger charge is 2.21. The molecule has 6 heteroatoms. The Bertz CT molecular complexity index is 654. The molecule has 118 valence electrons. The Morgan fingerprint density at radius 1 is 1.41 bits per heavy atom. The molecule has 2 unspecified atom stereocenters. The Labute approximate surface area is 133 Å². The van der Waals surface area contributed by atoms with Crippen LogP contribution in [-0.2, 0) is 4.79 Å². The maximum atomic E-state index is 13.0. The fourth-order valence-electron chi connectivity index (χ4n) is 2.03. The minimum Gasteiger partial charge on any atom is -0.320 e. The maximum absolute atomic E-state index is 13.0. The predicted octanol–water partition coefficient (Wildman–Crippen LogP) is 3.57. The van der Waals surface area contributed by atoms with Crippen LogP contribution in [0.4, 0.5) is 9.52 Å². The molecule has 0 aliphatic carbocycles. The molecule has 2 rings (SSSR count). The molecule has 2 aromatic rings. The molecule has 0 aliphatic rings. The number of amides is 1. The molecule has 22 heavy (non-hydrogen) atoms. The first-order chi connectivity index (χ1) is 10.4. The number of nitrogens with two attached hydrogens (primary N) is 1. The number of nitrogens with zero attached hydrogens (tertiary/aromatic N) is 1. The van der Waals surface area contributed by atoms with Crippen LogP contribution in [-0.4, -0.2) is 16.9 Å². The summed E-state index contributed by atoms with van der Waals surface area (Å²) in [5.41, 5.74) is 7.48. The third-order valence-electron chi connectivity index (χ3n) is 3.70. The molecular formula is C16H20FN3OS. The monoisotopic (exact) mass is 321 g/mol. The molecule has 0 radical (unpaired) electrons. The largest absolute Gasteiger partial charge is 0.320 e. The van der Waals surface area contributed by atoms with Gasteiger partial charge in [0, 0.05) is 10.4 Å². The topological polar surface area (TPSA) is 68.0 Å². The van der Waals surface area contributed by atoms with Gasteiger partial charge in [-0.25, -0.2) is 9.37 Å². The minimum absolute atomic E-state index is 0.109. The lowest BCUT2D eigenvalue weighted by Gasteiger charge is -2.16. The normalized spacial score (nSPS) is 13.7. The quantitative estimate of drug-likeness (QED) is 0.884. The highest BCUT2D eigenvalue weighted by atomic mass is 32.1. The second-order valence-corrected chi connectivity index (χ2v) is 6.53. The van der Waals surface area contributed by atoms with Crippen LogP contribution in [0, 0.1) is 18.7 Å². The smallest absolute Gasteiger partial charge is 0.243 e. The van der Waals surface area contributed by atoms with Crippen LogP contribution in [0.2, 0.25) is 0 Å². The van der Waals surface area contributed by atoms with Gasteiger partial charge in [-0.15, -0.1) is 11.3 Å². The number of carbonyl (C=O) groups excluding carboxylic acids is 1. The van der Waals surface area contributed by atoms with E-state index in [0.29, 0.717) is 5.13 Å². The number of halogens is 1. The number of rotatable bonds is 5. The number of aromatic nitrogens is 1. The Morgan fingerprint density at radius 2 is 2.05 bits per heavy atom. The van der Waals surface area contributed by atoms with E-state index in [-0.39, 0.29) is 17.6 Å². The van der Waals surface area contributed by atoms with Crippen molar-refractivity contribution >= 4 is 22.4 Å². The number of hydrogen-bond acceptors (Lipinski definition) is 4. The summed E-state index contributed by atoms with van der Waals surface area (Å²) in [5, 5.41) is 3.28. The Balaban J connectivity index is 2.16. The molecule has 4 nitrogen and oxygen atoms in total. The van der Waals surface area contributed by atoms with Crippen molar-refractivity contribution in [3.63, 3.8) is 0 Å². The zero-order chi connectivity index (χ0) is 16.3. The van der Waals surface area contributed by atoms with Crippen LogP contribution in [0.5, 0.6) is 0 Å². The summed E-state index contributed by atoms with van der Waals surface area (Å²) in [6.45, 7) is 5.86. The van der Waals surface area contributed by atoms with Crippen molar-refractivity contribution in [3.8, 4) is 11.3 Å². The molecule has 1 heterocycles. The molecule has 0 spiro atoms. The summed E-state index contributed by atoms with van der Waals surface area (Å²) < 4.78 is 13.0. The van der Waals surface area contributed by atoms with Crippen LogP contribution in [0.3, 0.4) is 0 Å². The fourth-order valence-corrected chi connectivity index (χ4v) is 2.87. The molecule has 3 N–H and O–H groups in total. The van der Waals surface area contributed by atoms with Crippen LogP contribution in [0.25, 0.3) is 11.3 Å². The first-order valence-electron chi connectivity index (χ1n) is 7.22. The van der Waals surface area contributed by atoms with Crippen LogP contribution < -0.4 is 11.1 Å². The molecular weight excluding hydrogens is 301 g/mol. The molecule has 0 saturated heterocycles. The lowest BCUT2D eigenvalue weighted by molar-refractivity contribution is -0.118. The van der Waals surface area contributed by atoms with Gasteiger partial charge < -0.3 is 11.1 Å². The summed E-state index contributed by atoms with van der Waals surface area (Å²) in [6.07, 6.45) is 0.840. The summed E-state index contributed by atoms with van der Waals surface area (Å²) in [6, 6.07) is 5.58. The van der Waals surface area contributed by atoms with Crippen molar-refractivity contribution in [2.45, 2.75) is 33.2 Å². The first kappa shape index (κ1) is 16.6. The van der Waals surface area contributed by atoms with E-state index in [2.05, 4.69) is 10.3 Å². The van der Waals surface area contributed by atoms with E-state index in [1.54, 1.807) is 12.1 Å². The average molecular weight is 321 g/mol. The number of nitrogens with one attached hydrogen (secondary N) is 1. The van der Waals surface area contributed by atoms with Gasteiger partial charge >= 0.3 is 0 Å². The summed E-state index contributed by atoms with van der Waals surface area (Å²) in [7, 11) is 0. The number of anilines is 1. The predicted molar refractivity (Wildman–Crippen MR) is 88.3 cm³/mol. The Morgan fingerprint density at radius 3 is 2.64 bits per heavy atom. The van der Waals surface area contributed by atoms with Gasteiger partial charge in [0.1, 0.15) is 5.82 Å². The van der Waals surface area contributed by atoms with Crippen molar-refractivity contribution in [3.05, 3.63) is 35.0 Å². The van der Waals surface area contributed by atoms with Crippen molar-refractivity contribution in [1.82, 2.24) is 4.98 Å². The Kier molecular flexibility index (Phi) is 5.26. The number of aryl methyl sites for hydroxylation is 1. The van der Waals surface area contributed by atoms with Crippen molar-refractivity contribution in [2.24, 2.45) is 11.7 Å². The van der Waals surface area contributed by atoms with Gasteiger partial charge in [0.25, 0.3) is 0 Å². The molecule has 0 saturated carbocycles. The highest BCUT2D eigenvalue weighted by molar-refractivity contribution is 7.16. The molecule has 1 amide bonds. The van der Waals surface area contributed by atoms with Crippen molar-refractivity contribution in [1.29, 1.82) is 0 Å². The molecule has 0 fully saturated rings. The lowest BCUT2D eigenvalue weighted by atomic mass is 10.00. The molecule has 1 aromatic heterocycles. The number of carbonyl (C=O) groups is 1. The van der Waals surface area contributed by atoms with Gasteiger partial charge in [0.2, 0.25) is 5.91 Å². The van der Waals surface area contributed by atoms with E-state index in [1.807, 2.05) is 20.8 Å². The van der Waals surface area contributed by atoms with Gasteiger partial charge in [-0.05, 0) is 37.1 Å². The molecule has 1 aromatic carbocycles. The third kappa shape index (κ3) is 3.69. The zero-order valence-electron chi connectivity index (χ0n) is 12.9. The van der Waals surface area contributed by atoms with Gasteiger partial charge in [0.05, 0.1) is 11.7 Å². The van der Waals surface area contributed by atoms with E-state index < -0.39 is 6.04 Å². The van der Waals surface area contributed by atoms with E-state index >= 15 is 0 Å². The lowest BCUT2D eigenvalue weighted by Crippen LogP contribution is -2.40. The first-order valence-corrected chi connectivity index (χ1v) is 8.03. The highest BCUT2D eigenvalue weighted by Crippen LogP contribution is 2.30. The molecule has 2 atom stereocenters. The van der Waals surface area contributed by atoms with Gasteiger partial charge in [-0.2, -0.15) is 0 Å². The van der Waals surface area contributed by atoms with E-state index in [1.165, 1.54) is 23.5 Å². The zero-order valence-corrected chi connectivity index (χ0v) is 13.7. The van der Waals surface area contributed by atoms with E-state index in [0.717, 1.165) is 22.6 Å². The van der Waals surface area contributed by atoms with Crippen LogP contribution in [0.1, 0.15) is 25.1 Å². The molecule has 0 bridgehead atoms. The summed E-state index contributed by atoms with van der Waals surface area (Å²) in [5.74, 6) is -0.406. The SMILES string of the molecule is CCC(C)C(N)C(=O)Nc1nc(-c2ccc(F)cc2)c(C)s1. The summed E-state index contributed by atoms with van der Waals surface area (Å²) in [4.78, 5) is 17.5. The van der Waals surface area contributed by atoms with Gasteiger partial charge in [0.15, 0.2) is 5.13 Å². The van der Waals surface area contributed by atoms with Crippen molar-refractivity contribution < 1.29 is 9.18 Å².